The van der Waals surface area contributed by atoms with Gasteiger partial charge in [0.1, 0.15) is 5.75 Å². The van der Waals surface area contributed by atoms with Gasteiger partial charge in [0.15, 0.2) is 0 Å². The molecule has 0 saturated carbocycles. The number of rotatable bonds is 4. The van der Waals surface area contributed by atoms with Crippen LogP contribution >= 0.6 is 15.9 Å². The Morgan fingerprint density at radius 2 is 1.58 bits per heavy atom. The van der Waals surface area contributed by atoms with Crippen molar-refractivity contribution in [1.29, 1.82) is 0 Å². The average molecular weight is 509 g/mol. The van der Waals surface area contributed by atoms with Crippen molar-refractivity contribution >= 4 is 51.0 Å². The van der Waals surface area contributed by atoms with Crippen molar-refractivity contribution in [2.45, 2.75) is 19.3 Å². The van der Waals surface area contributed by atoms with Crippen LogP contribution in [0, 0.1) is 17.8 Å². The molecular formula is C25H21BrN2O5. The maximum Gasteiger partial charge on any atom is 0.316 e. The minimum atomic E-state index is -0.603. The molecule has 0 aromatic heterocycles. The zero-order valence-corrected chi connectivity index (χ0v) is 19.2. The molecule has 0 N–H and O–H groups in total. The van der Waals surface area contributed by atoms with Crippen molar-refractivity contribution in [2.75, 3.05) is 16.3 Å². The van der Waals surface area contributed by atoms with Gasteiger partial charge in [-0.15, -0.1) is 0 Å². The molecule has 2 aliphatic heterocycles. The van der Waals surface area contributed by atoms with E-state index in [9.17, 15) is 19.2 Å². The molecule has 7 nitrogen and oxygen atoms in total. The number of ether oxygens (including phenoxy) is 1. The standard InChI is InChI=1S/C25H21BrN2O5/c26-16-8-10-17(11-9-16)27-14-15(12-22(27)29)25(32)33-19-5-3-4-18(13-19)28-23(30)20-6-1-2-7-21(20)24(28)31/h1-5,8-11,13,15,20-21H,6-7,12,14H2/t15-,20-,21-/m1/s1. The Labute approximate surface area is 199 Å². The van der Waals surface area contributed by atoms with Crippen LogP contribution in [0.2, 0.25) is 0 Å². The van der Waals surface area contributed by atoms with Gasteiger partial charge in [-0.25, -0.2) is 4.90 Å². The summed E-state index contributed by atoms with van der Waals surface area (Å²) in [6, 6.07) is 13.7. The summed E-state index contributed by atoms with van der Waals surface area (Å²) in [5, 5.41) is 0. The first-order chi connectivity index (χ1) is 15.9. The number of carbonyl (C=O) groups excluding carboxylic acids is 4. The summed E-state index contributed by atoms with van der Waals surface area (Å²) in [6.45, 7) is 0.235. The summed E-state index contributed by atoms with van der Waals surface area (Å²) < 4.78 is 6.45. The van der Waals surface area contributed by atoms with Crippen molar-refractivity contribution in [2.24, 2.45) is 17.8 Å². The summed E-state index contributed by atoms with van der Waals surface area (Å²) in [4.78, 5) is 53.7. The van der Waals surface area contributed by atoms with Crippen LogP contribution in [-0.4, -0.2) is 30.2 Å². The van der Waals surface area contributed by atoms with Crippen LogP contribution in [0.3, 0.4) is 0 Å². The van der Waals surface area contributed by atoms with Crippen molar-refractivity contribution in [3.63, 3.8) is 0 Å². The Balaban J connectivity index is 1.29. The van der Waals surface area contributed by atoms with Crippen molar-refractivity contribution < 1.29 is 23.9 Å². The minimum Gasteiger partial charge on any atom is -0.426 e. The lowest BCUT2D eigenvalue weighted by molar-refractivity contribution is -0.139. The van der Waals surface area contributed by atoms with Crippen LogP contribution in [0.5, 0.6) is 5.75 Å². The fourth-order valence-corrected chi connectivity index (χ4v) is 4.94. The second kappa shape index (κ2) is 8.59. The Morgan fingerprint density at radius 3 is 2.24 bits per heavy atom. The number of fused-ring (bicyclic) bond motifs is 1. The first-order valence-electron chi connectivity index (χ1n) is 10.8. The summed E-state index contributed by atoms with van der Waals surface area (Å²) in [6.07, 6.45) is 5.06. The molecule has 2 aromatic rings. The fourth-order valence-electron chi connectivity index (χ4n) is 4.68. The van der Waals surface area contributed by atoms with E-state index < -0.39 is 11.9 Å². The normalized spacial score (nSPS) is 24.4. The van der Waals surface area contributed by atoms with E-state index in [1.165, 1.54) is 11.0 Å². The maximum absolute atomic E-state index is 12.8. The summed E-state index contributed by atoms with van der Waals surface area (Å²) in [7, 11) is 0. The molecule has 1 aliphatic carbocycles. The number of halogens is 1. The van der Waals surface area contributed by atoms with E-state index in [0.29, 0.717) is 18.5 Å². The van der Waals surface area contributed by atoms with Gasteiger partial charge in [-0.05, 0) is 49.2 Å². The lowest BCUT2D eigenvalue weighted by Gasteiger charge is -2.17. The first kappa shape index (κ1) is 21.6. The van der Waals surface area contributed by atoms with E-state index in [4.69, 9.17) is 4.74 Å². The maximum atomic E-state index is 12.8. The monoisotopic (exact) mass is 508 g/mol. The second-order valence-electron chi connectivity index (χ2n) is 8.47. The largest absolute Gasteiger partial charge is 0.426 e. The highest BCUT2D eigenvalue weighted by Crippen LogP contribution is 2.38. The molecule has 0 unspecified atom stereocenters. The van der Waals surface area contributed by atoms with Crippen LogP contribution in [0.25, 0.3) is 0 Å². The fraction of sp³-hybridized carbons (Fsp3) is 0.280. The van der Waals surface area contributed by atoms with Gasteiger partial charge in [-0.3, -0.25) is 19.2 Å². The van der Waals surface area contributed by atoms with Crippen molar-refractivity contribution in [3.05, 3.63) is 65.2 Å². The van der Waals surface area contributed by atoms with E-state index in [1.54, 1.807) is 23.1 Å². The van der Waals surface area contributed by atoms with Gasteiger partial charge in [0.05, 0.1) is 23.4 Å². The minimum absolute atomic E-state index is 0.0635. The average Bonchev–Trinajstić information content (AvgIpc) is 3.32. The third kappa shape index (κ3) is 3.99. The molecular weight excluding hydrogens is 488 g/mol. The third-order valence-electron chi connectivity index (χ3n) is 6.40. The van der Waals surface area contributed by atoms with Crippen molar-refractivity contribution in [1.82, 2.24) is 0 Å². The molecule has 0 spiro atoms. The number of anilines is 2. The Kier molecular flexibility index (Phi) is 5.62. The number of esters is 1. The smallest absolute Gasteiger partial charge is 0.316 e. The number of hydrogen-bond donors (Lipinski definition) is 0. The molecule has 5 rings (SSSR count). The van der Waals surface area contributed by atoms with E-state index in [-0.39, 0.29) is 48.3 Å². The number of benzene rings is 2. The molecule has 3 amide bonds. The molecule has 2 heterocycles. The molecule has 8 heteroatoms. The van der Waals surface area contributed by atoms with Gasteiger partial charge in [0.25, 0.3) is 0 Å². The highest BCUT2D eigenvalue weighted by atomic mass is 79.9. The molecule has 168 valence electrons. The van der Waals surface area contributed by atoms with Gasteiger partial charge in [-0.2, -0.15) is 0 Å². The predicted octanol–water partition coefficient (Wildman–Crippen LogP) is 3.86. The van der Waals surface area contributed by atoms with Crippen LogP contribution in [0.1, 0.15) is 19.3 Å². The Morgan fingerprint density at radius 1 is 0.909 bits per heavy atom. The van der Waals surface area contributed by atoms with Gasteiger partial charge in [-0.1, -0.05) is 34.1 Å². The first-order valence-corrected chi connectivity index (χ1v) is 11.6. The van der Waals surface area contributed by atoms with Crippen LogP contribution < -0.4 is 14.5 Å². The number of carbonyl (C=O) groups is 4. The highest BCUT2D eigenvalue weighted by Gasteiger charge is 2.48. The van der Waals surface area contributed by atoms with Crippen molar-refractivity contribution in [3.8, 4) is 5.75 Å². The van der Waals surface area contributed by atoms with E-state index in [0.717, 1.165) is 10.2 Å². The lowest BCUT2D eigenvalue weighted by Crippen LogP contribution is -2.31. The van der Waals surface area contributed by atoms with Gasteiger partial charge in [0.2, 0.25) is 17.7 Å². The molecule has 2 aromatic carbocycles. The number of allylic oxidation sites excluding steroid dienone is 2. The number of imide groups is 1. The predicted molar refractivity (Wildman–Crippen MR) is 125 cm³/mol. The SMILES string of the molecule is O=C(Oc1cccc(N2C(=O)[C@@H]3CC=CC[C@H]3C2=O)c1)[C@@H]1CC(=O)N(c2ccc(Br)cc2)C1. The van der Waals surface area contributed by atoms with E-state index >= 15 is 0 Å². The lowest BCUT2D eigenvalue weighted by atomic mass is 9.85. The Hall–Kier alpha value is -3.26. The highest BCUT2D eigenvalue weighted by molar-refractivity contribution is 9.10. The summed E-state index contributed by atoms with van der Waals surface area (Å²) in [5.74, 6) is -2.12. The third-order valence-corrected chi connectivity index (χ3v) is 6.93. The molecule has 33 heavy (non-hydrogen) atoms. The van der Waals surface area contributed by atoms with Crippen LogP contribution in [0.4, 0.5) is 11.4 Å². The van der Waals surface area contributed by atoms with Crippen LogP contribution in [0.15, 0.2) is 65.2 Å². The number of nitrogens with zero attached hydrogens (tertiary/aromatic N) is 2. The zero-order valence-electron chi connectivity index (χ0n) is 17.6. The Bertz CT molecular complexity index is 1150. The molecule has 0 radical (unpaired) electrons. The van der Waals surface area contributed by atoms with Gasteiger partial charge in [0, 0.05) is 29.2 Å². The molecule has 2 saturated heterocycles. The molecule has 3 atom stereocenters. The number of amides is 3. The second-order valence-corrected chi connectivity index (χ2v) is 9.38. The molecule has 2 fully saturated rings. The molecule has 0 bridgehead atoms. The topological polar surface area (TPSA) is 84.0 Å². The zero-order chi connectivity index (χ0) is 23.1. The molecule has 3 aliphatic rings. The van der Waals surface area contributed by atoms with E-state index in [1.807, 2.05) is 36.4 Å². The van der Waals surface area contributed by atoms with Gasteiger partial charge >= 0.3 is 5.97 Å². The summed E-state index contributed by atoms with van der Waals surface area (Å²) >= 11 is 3.37. The van der Waals surface area contributed by atoms with Crippen LogP contribution in [-0.2, 0) is 19.2 Å². The number of hydrogen-bond acceptors (Lipinski definition) is 5. The van der Waals surface area contributed by atoms with E-state index in [2.05, 4.69) is 15.9 Å². The van der Waals surface area contributed by atoms with Gasteiger partial charge < -0.3 is 9.64 Å². The summed E-state index contributed by atoms with van der Waals surface area (Å²) in [5.41, 5.74) is 1.12. The quantitative estimate of drug-likeness (QED) is 0.271.